The van der Waals surface area contributed by atoms with Crippen molar-refractivity contribution in [1.29, 1.82) is 0 Å². The Morgan fingerprint density at radius 3 is 2.84 bits per heavy atom. The third kappa shape index (κ3) is 3.68. The van der Waals surface area contributed by atoms with Crippen LogP contribution >= 0.6 is 0 Å². The number of fused-ring (bicyclic) bond motifs is 2. The Kier molecular flexibility index (Phi) is 5.07. The molecule has 0 fully saturated rings. The lowest BCUT2D eigenvalue weighted by Crippen LogP contribution is -2.28. The second kappa shape index (κ2) is 7.42. The van der Waals surface area contributed by atoms with Gasteiger partial charge in [-0.25, -0.2) is 14.4 Å². The first kappa shape index (κ1) is 17.1. The fourth-order valence-corrected chi connectivity index (χ4v) is 3.08. The molecule has 0 saturated carbocycles. The molecule has 0 saturated heterocycles. The average molecular weight is 339 g/mol. The SMILES string of the molecule is CC.Nc1cnc2c(c1)CCC(Nc1ncnc3ccc(F)cc13)C2. The van der Waals surface area contributed by atoms with Crippen LogP contribution in [0.25, 0.3) is 10.9 Å². The minimum atomic E-state index is -0.290. The number of aromatic nitrogens is 3. The number of hydrogen-bond acceptors (Lipinski definition) is 5. The topological polar surface area (TPSA) is 76.7 Å². The van der Waals surface area contributed by atoms with Gasteiger partial charge in [0.2, 0.25) is 0 Å². The molecular weight excluding hydrogens is 317 g/mol. The first-order chi connectivity index (χ1) is 12.2. The van der Waals surface area contributed by atoms with Crippen molar-refractivity contribution in [3.05, 3.63) is 53.9 Å². The highest BCUT2D eigenvalue weighted by atomic mass is 19.1. The Morgan fingerprint density at radius 1 is 1.16 bits per heavy atom. The molecule has 1 unspecified atom stereocenters. The minimum absolute atomic E-state index is 0.208. The summed E-state index contributed by atoms with van der Waals surface area (Å²) in [6.07, 6.45) is 5.87. The van der Waals surface area contributed by atoms with Gasteiger partial charge in [-0.15, -0.1) is 0 Å². The first-order valence-corrected chi connectivity index (χ1v) is 8.59. The summed E-state index contributed by atoms with van der Waals surface area (Å²) in [5, 5.41) is 4.12. The highest BCUT2D eigenvalue weighted by molar-refractivity contribution is 5.88. The van der Waals surface area contributed by atoms with Crippen LogP contribution in [0.5, 0.6) is 0 Å². The number of nitrogen functional groups attached to an aromatic ring is 1. The third-order valence-electron chi connectivity index (χ3n) is 4.22. The van der Waals surface area contributed by atoms with Gasteiger partial charge in [0, 0.05) is 23.5 Å². The maximum Gasteiger partial charge on any atom is 0.137 e. The predicted molar refractivity (Wildman–Crippen MR) is 98.9 cm³/mol. The van der Waals surface area contributed by atoms with E-state index in [1.807, 2.05) is 19.9 Å². The molecule has 4 rings (SSSR count). The van der Waals surface area contributed by atoms with Crippen LogP contribution in [-0.4, -0.2) is 21.0 Å². The summed E-state index contributed by atoms with van der Waals surface area (Å²) in [4.78, 5) is 12.9. The summed E-state index contributed by atoms with van der Waals surface area (Å²) in [7, 11) is 0. The van der Waals surface area contributed by atoms with Crippen molar-refractivity contribution in [3.8, 4) is 0 Å². The van der Waals surface area contributed by atoms with E-state index in [1.165, 1.54) is 24.0 Å². The van der Waals surface area contributed by atoms with Crippen molar-refractivity contribution in [2.45, 2.75) is 39.2 Å². The molecule has 25 heavy (non-hydrogen) atoms. The van der Waals surface area contributed by atoms with Crippen LogP contribution in [0, 0.1) is 5.82 Å². The lowest BCUT2D eigenvalue weighted by atomic mass is 9.91. The molecule has 1 atom stereocenters. The van der Waals surface area contributed by atoms with Gasteiger partial charge < -0.3 is 11.1 Å². The smallest absolute Gasteiger partial charge is 0.137 e. The van der Waals surface area contributed by atoms with E-state index in [4.69, 9.17) is 5.73 Å². The number of anilines is 2. The summed E-state index contributed by atoms with van der Waals surface area (Å²) in [5.41, 5.74) is 9.49. The zero-order valence-electron chi connectivity index (χ0n) is 14.5. The molecule has 1 aromatic carbocycles. The van der Waals surface area contributed by atoms with Gasteiger partial charge >= 0.3 is 0 Å². The molecule has 1 aliphatic carbocycles. The number of nitrogens with zero attached hydrogens (tertiary/aromatic N) is 3. The van der Waals surface area contributed by atoms with Gasteiger partial charge in [0.1, 0.15) is 18.0 Å². The summed E-state index contributed by atoms with van der Waals surface area (Å²) in [6, 6.07) is 6.74. The van der Waals surface area contributed by atoms with E-state index in [9.17, 15) is 4.39 Å². The fourth-order valence-electron chi connectivity index (χ4n) is 3.08. The van der Waals surface area contributed by atoms with Gasteiger partial charge in [0.05, 0.1) is 17.4 Å². The number of nitrogens with two attached hydrogens (primary N) is 1. The van der Waals surface area contributed by atoms with E-state index in [0.29, 0.717) is 16.9 Å². The standard InChI is InChI=1S/C17H16FN5.C2H6/c18-11-2-4-15-14(6-11)17(22-9-21-15)23-13-3-1-10-5-12(19)8-20-16(10)7-13;1-2/h2,4-6,8-9,13H,1,3,7,19H2,(H,21,22,23);1-2H3. The van der Waals surface area contributed by atoms with Crippen molar-refractivity contribution in [3.63, 3.8) is 0 Å². The zero-order valence-corrected chi connectivity index (χ0v) is 14.5. The molecule has 5 nitrogen and oxygen atoms in total. The number of nitrogens with one attached hydrogen (secondary N) is 1. The Hall–Kier alpha value is -2.76. The van der Waals surface area contributed by atoms with Crippen LogP contribution in [0.15, 0.2) is 36.8 Å². The second-order valence-corrected chi connectivity index (χ2v) is 5.84. The quantitative estimate of drug-likeness (QED) is 0.744. The van der Waals surface area contributed by atoms with Crippen LogP contribution in [0.2, 0.25) is 0 Å². The maximum atomic E-state index is 13.5. The highest BCUT2D eigenvalue weighted by Crippen LogP contribution is 2.26. The summed E-state index contributed by atoms with van der Waals surface area (Å²) in [6.45, 7) is 4.00. The Balaban J connectivity index is 0.000000880. The second-order valence-electron chi connectivity index (χ2n) is 5.84. The average Bonchev–Trinajstić information content (AvgIpc) is 2.64. The molecule has 0 bridgehead atoms. The number of pyridine rings is 1. The summed E-state index contributed by atoms with van der Waals surface area (Å²) in [5.74, 6) is 0.375. The summed E-state index contributed by atoms with van der Waals surface area (Å²) >= 11 is 0. The van der Waals surface area contributed by atoms with Crippen LogP contribution in [0.4, 0.5) is 15.9 Å². The van der Waals surface area contributed by atoms with Crippen molar-refractivity contribution in [2.24, 2.45) is 0 Å². The van der Waals surface area contributed by atoms with Crippen LogP contribution in [-0.2, 0) is 12.8 Å². The Bertz CT molecular complexity index is 881. The fraction of sp³-hybridized carbons (Fsp3) is 0.316. The minimum Gasteiger partial charge on any atom is -0.397 e. The molecule has 1 aliphatic rings. The van der Waals surface area contributed by atoms with Gasteiger partial charge in [0.25, 0.3) is 0 Å². The molecule has 2 heterocycles. The monoisotopic (exact) mass is 339 g/mol. The number of hydrogen-bond donors (Lipinski definition) is 2. The Labute approximate surface area is 146 Å². The molecule has 0 radical (unpaired) electrons. The van der Waals surface area contributed by atoms with Gasteiger partial charge in [0.15, 0.2) is 0 Å². The van der Waals surface area contributed by atoms with E-state index in [2.05, 4.69) is 20.3 Å². The maximum absolute atomic E-state index is 13.5. The highest BCUT2D eigenvalue weighted by Gasteiger charge is 2.21. The van der Waals surface area contributed by atoms with E-state index in [0.717, 1.165) is 30.5 Å². The molecule has 2 aromatic heterocycles. The van der Waals surface area contributed by atoms with Gasteiger partial charge in [-0.2, -0.15) is 0 Å². The largest absolute Gasteiger partial charge is 0.397 e. The van der Waals surface area contributed by atoms with Gasteiger partial charge in [-0.1, -0.05) is 13.8 Å². The normalized spacial score (nSPS) is 15.9. The molecule has 0 aliphatic heterocycles. The van der Waals surface area contributed by atoms with Crippen LogP contribution < -0.4 is 11.1 Å². The van der Waals surface area contributed by atoms with Gasteiger partial charge in [-0.05, 0) is 42.7 Å². The molecule has 3 aromatic rings. The van der Waals surface area contributed by atoms with Crippen molar-refractivity contribution >= 4 is 22.4 Å². The van der Waals surface area contributed by atoms with E-state index in [1.54, 1.807) is 12.3 Å². The van der Waals surface area contributed by atoms with Crippen molar-refractivity contribution < 1.29 is 4.39 Å². The summed E-state index contributed by atoms with van der Waals surface area (Å²) < 4.78 is 13.5. The molecule has 0 amide bonds. The van der Waals surface area contributed by atoms with Crippen LogP contribution in [0.1, 0.15) is 31.5 Å². The molecule has 3 N–H and O–H groups in total. The van der Waals surface area contributed by atoms with Gasteiger partial charge in [-0.3, -0.25) is 4.98 Å². The number of halogens is 1. The lowest BCUT2D eigenvalue weighted by molar-refractivity contribution is 0.596. The Morgan fingerprint density at radius 2 is 2.00 bits per heavy atom. The third-order valence-corrected chi connectivity index (χ3v) is 4.22. The molecule has 0 spiro atoms. The van der Waals surface area contributed by atoms with Crippen molar-refractivity contribution in [2.75, 3.05) is 11.1 Å². The van der Waals surface area contributed by atoms with Crippen molar-refractivity contribution in [1.82, 2.24) is 15.0 Å². The zero-order chi connectivity index (χ0) is 17.8. The predicted octanol–water partition coefficient (Wildman–Crippen LogP) is 3.74. The lowest BCUT2D eigenvalue weighted by Gasteiger charge is -2.25. The van der Waals surface area contributed by atoms with E-state index in [-0.39, 0.29) is 11.9 Å². The van der Waals surface area contributed by atoms with Crippen LogP contribution in [0.3, 0.4) is 0 Å². The number of aryl methyl sites for hydroxylation is 1. The number of benzene rings is 1. The van der Waals surface area contributed by atoms with E-state index < -0.39 is 0 Å². The molecule has 130 valence electrons. The first-order valence-electron chi connectivity index (χ1n) is 8.59. The van der Waals surface area contributed by atoms with E-state index >= 15 is 0 Å². The molecular formula is C19H22FN5. The number of rotatable bonds is 2. The molecule has 6 heteroatoms.